The maximum atomic E-state index is 12.6. The van der Waals surface area contributed by atoms with Crippen LogP contribution < -0.4 is 5.32 Å². The molecule has 0 saturated heterocycles. The van der Waals surface area contributed by atoms with Gasteiger partial charge >= 0.3 is 0 Å². The van der Waals surface area contributed by atoms with Gasteiger partial charge in [-0.25, -0.2) is 0 Å². The average Bonchev–Trinajstić information content (AvgIpc) is 3.30. The van der Waals surface area contributed by atoms with Gasteiger partial charge in [-0.1, -0.05) is 72.8 Å². The number of nitrogens with one attached hydrogen (secondary N) is 2. The third-order valence-electron chi connectivity index (χ3n) is 5.40. The van der Waals surface area contributed by atoms with E-state index in [1.54, 1.807) is 0 Å². The summed E-state index contributed by atoms with van der Waals surface area (Å²) in [6.07, 6.45) is 0.334. The summed E-state index contributed by atoms with van der Waals surface area (Å²) in [6, 6.07) is 24.8. The molecule has 0 saturated carbocycles. The molecule has 5 nitrogen and oxygen atoms in total. The van der Waals surface area contributed by atoms with Crippen molar-refractivity contribution in [2.24, 2.45) is 0 Å². The number of carbonyl (C=O) groups is 1. The number of rotatable bonds is 5. The molecule has 29 heavy (non-hydrogen) atoms. The summed E-state index contributed by atoms with van der Waals surface area (Å²) in [7, 11) is 0. The van der Waals surface area contributed by atoms with Gasteiger partial charge in [-0.3, -0.25) is 14.8 Å². The summed E-state index contributed by atoms with van der Waals surface area (Å²) in [5, 5.41) is 12.7. The van der Waals surface area contributed by atoms with E-state index >= 15 is 0 Å². The van der Waals surface area contributed by atoms with Crippen LogP contribution >= 0.6 is 0 Å². The van der Waals surface area contributed by atoms with Crippen LogP contribution in [0.5, 0.6) is 0 Å². The van der Waals surface area contributed by atoms with Gasteiger partial charge < -0.3 is 5.32 Å². The molecule has 0 radical (unpaired) electrons. The van der Waals surface area contributed by atoms with Crippen LogP contribution in [0.1, 0.15) is 22.4 Å². The van der Waals surface area contributed by atoms with Gasteiger partial charge in [0.1, 0.15) is 0 Å². The molecule has 0 fully saturated rings. The summed E-state index contributed by atoms with van der Waals surface area (Å²) in [5.74, 6) is 0.609. The minimum Gasteiger partial charge on any atom is -0.309 e. The number of carbonyl (C=O) groups excluding carboxylic acids is 1. The predicted octanol–water partition coefficient (Wildman–Crippen LogP) is 4.26. The Labute approximate surface area is 169 Å². The standard InChI is InChI=1S/C24H22N4O/c29-23(13-18-10-11-19-8-4-5-9-20(19)12-18)25-24-21-15-28(16-22(21)26-27-24)14-17-6-2-1-3-7-17/h1-12H,13-16H2,(H2,25,26,27,29). The largest absolute Gasteiger partial charge is 0.309 e. The van der Waals surface area contributed by atoms with Crippen LogP contribution in [0.3, 0.4) is 0 Å². The molecule has 1 aromatic heterocycles. The van der Waals surface area contributed by atoms with Gasteiger partial charge in [0.05, 0.1) is 12.1 Å². The Morgan fingerprint density at radius 3 is 2.59 bits per heavy atom. The van der Waals surface area contributed by atoms with Gasteiger partial charge in [0, 0.05) is 25.2 Å². The molecule has 144 valence electrons. The number of anilines is 1. The number of aromatic amines is 1. The van der Waals surface area contributed by atoms with Gasteiger partial charge in [0.2, 0.25) is 5.91 Å². The van der Waals surface area contributed by atoms with Crippen molar-refractivity contribution in [3.63, 3.8) is 0 Å². The molecule has 0 spiro atoms. The topological polar surface area (TPSA) is 61.0 Å². The Balaban J connectivity index is 1.24. The summed E-state index contributed by atoms with van der Waals surface area (Å²) in [6.45, 7) is 2.48. The Morgan fingerprint density at radius 1 is 0.931 bits per heavy atom. The minimum absolute atomic E-state index is 0.0453. The molecule has 1 amide bonds. The minimum atomic E-state index is -0.0453. The van der Waals surface area contributed by atoms with Crippen LogP contribution in [0.4, 0.5) is 5.82 Å². The Bertz CT molecular complexity index is 1170. The fourth-order valence-electron chi connectivity index (χ4n) is 3.97. The maximum Gasteiger partial charge on any atom is 0.230 e. The molecular weight excluding hydrogens is 360 g/mol. The van der Waals surface area contributed by atoms with E-state index in [0.717, 1.165) is 41.8 Å². The lowest BCUT2D eigenvalue weighted by molar-refractivity contribution is -0.115. The number of nitrogens with zero attached hydrogens (tertiary/aromatic N) is 2. The lowest BCUT2D eigenvalue weighted by Crippen LogP contribution is -2.18. The summed E-state index contributed by atoms with van der Waals surface area (Å²) in [5.41, 5.74) is 4.46. The quantitative estimate of drug-likeness (QED) is 0.542. The number of hydrogen-bond acceptors (Lipinski definition) is 3. The first-order valence-corrected chi connectivity index (χ1v) is 9.84. The first-order chi connectivity index (χ1) is 14.2. The fraction of sp³-hybridized carbons (Fsp3) is 0.167. The van der Waals surface area contributed by atoms with E-state index in [1.807, 2.05) is 24.3 Å². The molecule has 3 aromatic carbocycles. The Kier molecular flexibility index (Phi) is 4.58. The highest BCUT2D eigenvalue weighted by Crippen LogP contribution is 2.28. The van der Waals surface area contributed by atoms with Gasteiger partial charge in [0.15, 0.2) is 5.82 Å². The van der Waals surface area contributed by atoms with Gasteiger partial charge in [-0.2, -0.15) is 5.10 Å². The third kappa shape index (κ3) is 3.77. The predicted molar refractivity (Wildman–Crippen MR) is 114 cm³/mol. The number of fused-ring (bicyclic) bond motifs is 2. The smallest absolute Gasteiger partial charge is 0.230 e. The van der Waals surface area contributed by atoms with Crippen molar-refractivity contribution >= 4 is 22.5 Å². The lowest BCUT2D eigenvalue weighted by atomic mass is 10.0. The number of H-pyrrole nitrogens is 1. The van der Waals surface area contributed by atoms with Gasteiger partial charge in [-0.15, -0.1) is 0 Å². The molecule has 0 unspecified atom stereocenters. The Hall–Kier alpha value is -3.44. The van der Waals surface area contributed by atoms with Crippen LogP contribution in [0.25, 0.3) is 10.8 Å². The molecule has 1 aliphatic rings. The normalized spacial score (nSPS) is 13.5. The molecule has 1 aliphatic heterocycles. The zero-order valence-corrected chi connectivity index (χ0v) is 16.1. The van der Waals surface area contributed by atoms with E-state index in [2.05, 4.69) is 68.9 Å². The second kappa shape index (κ2) is 7.53. The molecule has 2 N–H and O–H groups in total. The average molecular weight is 382 g/mol. The molecule has 0 atom stereocenters. The van der Waals surface area contributed by atoms with Crippen molar-refractivity contribution in [2.75, 3.05) is 5.32 Å². The van der Waals surface area contributed by atoms with Crippen molar-refractivity contribution in [1.29, 1.82) is 0 Å². The molecule has 5 rings (SSSR count). The van der Waals surface area contributed by atoms with Crippen LogP contribution in [-0.2, 0) is 30.8 Å². The van der Waals surface area contributed by atoms with E-state index in [4.69, 9.17) is 0 Å². The molecule has 0 bridgehead atoms. The van der Waals surface area contributed by atoms with Crippen LogP contribution in [0, 0.1) is 0 Å². The van der Waals surface area contributed by atoms with Crippen molar-refractivity contribution in [3.05, 3.63) is 95.2 Å². The van der Waals surface area contributed by atoms with Crippen molar-refractivity contribution < 1.29 is 4.79 Å². The van der Waals surface area contributed by atoms with Crippen LogP contribution in [0.2, 0.25) is 0 Å². The zero-order valence-electron chi connectivity index (χ0n) is 16.1. The van der Waals surface area contributed by atoms with Crippen molar-refractivity contribution in [1.82, 2.24) is 15.1 Å². The van der Waals surface area contributed by atoms with Gasteiger partial charge in [-0.05, 0) is 21.9 Å². The summed E-state index contributed by atoms with van der Waals surface area (Å²) < 4.78 is 0. The molecule has 5 heteroatoms. The van der Waals surface area contributed by atoms with E-state index in [-0.39, 0.29) is 5.91 Å². The van der Waals surface area contributed by atoms with Gasteiger partial charge in [0.25, 0.3) is 0 Å². The highest BCUT2D eigenvalue weighted by atomic mass is 16.1. The van der Waals surface area contributed by atoms with Crippen LogP contribution in [0.15, 0.2) is 72.8 Å². The van der Waals surface area contributed by atoms with E-state index in [1.165, 1.54) is 10.9 Å². The second-order valence-corrected chi connectivity index (χ2v) is 7.57. The summed E-state index contributed by atoms with van der Waals surface area (Å²) in [4.78, 5) is 15.0. The van der Waals surface area contributed by atoms with Crippen LogP contribution in [-0.4, -0.2) is 21.0 Å². The van der Waals surface area contributed by atoms with Crippen molar-refractivity contribution in [2.45, 2.75) is 26.1 Å². The number of amides is 1. The molecule has 4 aromatic rings. The SMILES string of the molecule is O=C(Cc1ccc2ccccc2c1)Nc1n[nH]c2c1CN(Cc1ccccc1)C2. The first-order valence-electron chi connectivity index (χ1n) is 9.84. The van der Waals surface area contributed by atoms with E-state index in [0.29, 0.717) is 12.2 Å². The monoisotopic (exact) mass is 382 g/mol. The third-order valence-corrected chi connectivity index (χ3v) is 5.40. The summed E-state index contributed by atoms with van der Waals surface area (Å²) >= 11 is 0. The maximum absolute atomic E-state index is 12.6. The second-order valence-electron chi connectivity index (χ2n) is 7.57. The molecular formula is C24H22N4O. The number of benzene rings is 3. The van der Waals surface area contributed by atoms with E-state index < -0.39 is 0 Å². The fourth-order valence-corrected chi connectivity index (χ4v) is 3.97. The molecule has 0 aliphatic carbocycles. The highest BCUT2D eigenvalue weighted by molar-refractivity contribution is 5.93. The van der Waals surface area contributed by atoms with E-state index in [9.17, 15) is 4.79 Å². The number of aromatic nitrogens is 2. The highest BCUT2D eigenvalue weighted by Gasteiger charge is 2.25. The first kappa shape index (κ1) is 17.6. The zero-order chi connectivity index (χ0) is 19.6. The number of hydrogen-bond donors (Lipinski definition) is 2. The van der Waals surface area contributed by atoms with Crippen molar-refractivity contribution in [3.8, 4) is 0 Å². The lowest BCUT2D eigenvalue weighted by Gasteiger charge is -2.15. The Morgan fingerprint density at radius 2 is 1.72 bits per heavy atom. The molecule has 2 heterocycles.